The van der Waals surface area contributed by atoms with Crippen molar-refractivity contribution < 1.29 is 9.53 Å². The lowest BCUT2D eigenvalue weighted by atomic mass is 10.2. The van der Waals surface area contributed by atoms with Gasteiger partial charge in [0.05, 0.1) is 10.0 Å². The minimum atomic E-state index is -0.243. The summed E-state index contributed by atoms with van der Waals surface area (Å²) in [6, 6.07) is 19.2. The van der Waals surface area contributed by atoms with Gasteiger partial charge in [0.25, 0.3) is 5.91 Å². The Kier molecular flexibility index (Phi) is 6.04. The highest BCUT2D eigenvalue weighted by Gasteiger charge is 2.08. The monoisotopic (exact) mass is 405 g/mol. The number of carbonyl (C=O) groups is 1. The van der Waals surface area contributed by atoms with Crippen molar-refractivity contribution in [3.63, 3.8) is 0 Å². The Bertz CT molecular complexity index is 944. The van der Waals surface area contributed by atoms with Crippen LogP contribution >= 0.6 is 34.8 Å². The van der Waals surface area contributed by atoms with E-state index < -0.39 is 0 Å². The highest BCUT2D eigenvalue weighted by atomic mass is 35.5. The zero-order valence-electron chi connectivity index (χ0n) is 13.5. The van der Waals surface area contributed by atoms with E-state index in [0.29, 0.717) is 38.7 Å². The first-order chi connectivity index (χ1) is 12.5. The van der Waals surface area contributed by atoms with E-state index in [9.17, 15) is 4.79 Å². The van der Waals surface area contributed by atoms with Gasteiger partial charge in [-0.15, -0.1) is 0 Å². The summed E-state index contributed by atoms with van der Waals surface area (Å²) >= 11 is 17.8. The summed E-state index contributed by atoms with van der Waals surface area (Å²) in [5.74, 6) is 0.335. The predicted octanol–water partition coefficient (Wildman–Crippen LogP) is 6.48. The molecule has 0 spiro atoms. The molecule has 0 radical (unpaired) electrons. The lowest BCUT2D eigenvalue weighted by molar-refractivity contribution is 0.102. The van der Waals surface area contributed by atoms with E-state index in [1.165, 1.54) is 0 Å². The van der Waals surface area contributed by atoms with Gasteiger partial charge in [-0.1, -0.05) is 53.0 Å². The third-order valence-corrected chi connectivity index (χ3v) is 4.54. The molecule has 0 aliphatic heterocycles. The first-order valence-electron chi connectivity index (χ1n) is 7.75. The zero-order chi connectivity index (χ0) is 18.5. The van der Waals surface area contributed by atoms with Crippen LogP contribution in [0.1, 0.15) is 15.9 Å². The number of halogens is 3. The van der Waals surface area contributed by atoms with Crippen LogP contribution in [0, 0.1) is 0 Å². The van der Waals surface area contributed by atoms with Gasteiger partial charge in [-0.05, 0) is 54.1 Å². The summed E-state index contributed by atoms with van der Waals surface area (Å²) in [5, 5.41) is 4.33. The quantitative estimate of drug-likeness (QED) is 0.526. The molecule has 0 heterocycles. The van der Waals surface area contributed by atoms with Crippen LogP contribution in [0.5, 0.6) is 5.75 Å². The van der Waals surface area contributed by atoms with E-state index in [1.807, 2.05) is 6.07 Å². The van der Waals surface area contributed by atoms with Crippen molar-refractivity contribution in [2.24, 2.45) is 0 Å². The van der Waals surface area contributed by atoms with E-state index in [0.717, 1.165) is 5.56 Å². The molecule has 1 N–H and O–H groups in total. The van der Waals surface area contributed by atoms with Crippen LogP contribution in [0.3, 0.4) is 0 Å². The molecule has 3 nitrogen and oxygen atoms in total. The van der Waals surface area contributed by atoms with Crippen LogP contribution < -0.4 is 10.1 Å². The molecular formula is C20H14Cl3NO2. The first-order valence-corrected chi connectivity index (χ1v) is 8.88. The summed E-state index contributed by atoms with van der Waals surface area (Å²) < 4.78 is 5.74. The summed E-state index contributed by atoms with van der Waals surface area (Å²) in [6.07, 6.45) is 0. The van der Waals surface area contributed by atoms with Gasteiger partial charge in [-0.3, -0.25) is 4.79 Å². The number of hydrogen-bond donors (Lipinski definition) is 1. The molecule has 132 valence electrons. The fourth-order valence-corrected chi connectivity index (χ4v) is 2.80. The van der Waals surface area contributed by atoms with Crippen molar-refractivity contribution >= 4 is 46.4 Å². The molecule has 6 heteroatoms. The van der Waals surface area contributed by atoms with Crippen molar-refractivity contribution in [2.45, 2.75) is 6.61 Å². The molecule has 0 fully saturated rings. The maximum absolute atomic E-state index is 12.4. The Morgan fingerprint density at radius 2 is 1.69 bits per heavy atom. The van der Waals surface area contributed by atoms with E-state index in [1.54, 1.807) is 60.7 Å². The minimum absolute atomic E-state index is 0.243. The summed E-state index contributed by atoms with van der Waals surface area (Å²) in [6.45, 7) is 0.316. The third kappa shape index (κ3) is 4.92. The molecule has 0 saturated heterocycles. The molecule has 26 heavy (non-hydrogen) atoms. The number of hydrogen-bond acceptors (Lipinski definition) is 2. The topological polar surface area (TPSA) is 38.3 Å². The van der Waals surface area contributed by atoms with Crippen LogP contribution in [0.4, 0.5) is 5.69 Å². The minimum Gasteiger partial charge on any atom is -0.489 e. The van der Waals surface area contributed by atoms with Gasteiger partial charge in [-0.2, -0.15) is 0 Å². The van der Waals surface area contributed by atoms with Gasteiger partial charge in [0.2, 0.25) is 0 Å². The van der Waals surface area contributed by atoms with Gasteiger partial charge in [0.1, 0.15) is 12.4 Å². The summed E-state index contributed by atoms with van der Waals surface area (Å²) in [4.78, 5) is 12.4. The number of anilines is 1. The number of amides is 1. The Hall–Kier alpha value is -2.20. The van der Waals surface area contributed by atoms with Crippen LogP contribution in [0.2, 0.25) is 15.1 Å². The largest absolute Gasteiger partial charge is 0.489 e. The van der Waals surface area contributed by atoms with Gasteiger partial charge < -0.3 is 10.1 Å². The molecule has 1 amide bonds. The highest BCUT2D eigenvalue weighted by molar-refractivity contribution is 6.42. The van der Waals surface area contributed by atoms with Gasteiger partial charge in [0.15, 0.2) is 0 Å². The smallest absolute Gasteiger partial charge is 0.255 e. The normalized spacial score (nSPS) is 10.4. The molecule has 0 aromatic heterocycles. The lowest BCUT2D eigenvalue weighted by Crippen LogP contribution is -2.11. The number of benzene rings is 3. The second-order valence-electron chi connectivity index (χ2n) is 5.53. The summed E-state index contributed by atoms with van der Waals surface area (Å²) in [5.41, 5.74) is 1.99. The van der Waals surface area contributed by atoms with E-state index >= 15 is 0 Å². The average Bonchev–Trinajstić information content (AvgIpc) is 2.63. The number of ether oxygens (including phenoxy) is 1. The van der Waals surface area contributed by atoms with Crippen molar-refractivity contribution in [1.29, 1.82) is 0 Å². The standard InChI is InChI=1S/C20H14Cl3NO2/c21-15-4-2-5-16(11-15)24-20(25)14-3-1-6-17(10-14)26-12-13-7-8-18(22)19(23)9-13/h1-11H,12H2,(H,24,25). The van der Waals surface area contributed by atoms with Crippen LogP contribution in [-0.4, -0.2) is 5.91 Å². The number of rotatable bonds is 5. The van der Waals surface area contributed by atoms with Crippen molar-refractivity contribution in [3.05, 3.63) is 92.9 Å². The fourth-order valence-electron chi connectivity index (χ4n) is 2.29. The Morgan fingerprint density at radius 1 is 0.885 bits per heavy atom. The van der Waals surface area contributed by atoms with E-state index in [-0.39, 0.29) is 5.91 Å². The fraction of sp³-hybridized carbons (Fsp3) is 0.0500. The van der Waals surface area contributed by atoms with Gasteiger partial charge >= 0.3 is 0 Å². The SMILES string of the molecule is O=C(Nc1cccc(Cl)c1)c1cccc(OCc2ccc(Cl)c(Cl)c2)c1. The summed E-state index contributed by atoms with van der Waals surface area (Å²) in [7, 11) is 0. The molecule has 0 atom stereocenters. The number of nitrogens with one attached hydrogen (secondary N) is 1. The molecule has 3 aromatic rings. The van der Waals surface area contributed by atoms with Crippen LogP contribution in [-0.2, 0) is 6.61 Å². The van der Waals surface area contributed by atoms with Gasteiger partial charge in [0, 0.05) is 16.3 Å². The van der Waals surface area contributed by atoms with Crippen molar-refractivity contribution in [3.8, 4) is 5.75 Å². The molecule has 3 rings (SSSR count). The molecule has 0 aliphatic carbocycles. The van der Waals surface area contributed by atoms with E-state index in [4.69, 9.17) is 39.5 Å². The Balaban J connectivity index is 1.67. The van der Waals surface area contributed by atoms with Crippen LogP contribution in [0.25, 0.3) is 0 Å². The molecule has 3 aromatic carbocycles. The molecule has 0 bridgehead atoms. The second kappa shape index (κ2) is 8.45. The number of carbonyl (C=O) groups excluding carboxylic acids is 1. The molecular weight excluding hydrogens is 393 g/mol. The molecule has 0 unspecified atom stereocenters. The molecule has 0 aliphatic rings. The maximum atomic E-state index is 12.4. The Morgan fingerprint density at radius 3 is 2.46 bits per heavy atom. The highest BCUT2D eigenvalue weighted by Crippen LogP contribution is 2.24. The average molecular weight is 407 g/mol. The zero-order valence-corrected chi connectivity index (χ0v) is 15.8. The van der Waals surface area contributed by atoms with Crippen molar-refractivity contribution in [1.82, 2.24) is 0 Å². The van der Waals surface area contributed by atoms with Crippen molar-refractivity contribution in [2.75, 3.05) is 5.32 Å². The van der Waals surface area contributed by atoms with E-state index in [2.05, 4.69) is 5.32 Å². The third-order valence-electron chi connectivity index (χ3n) is 3.57. The predicted molar refractivity (Wildman–Crippen MR) is 107 cm³/mol. The lowest BCUT2D eigenvalue weighted by Gasteiger charge is -2.10. The van der Waals surface area contributed by atoms with Crippen LogP contribution in [0.15, 0.2) is 66.7 Å². The maximum Gasteiger partial charge on any atom is 0.255 e. The second-order valence-corrected chi connectivity index (χ2v) is 6.78. The first kappa shape index (κ1) is 18.6. The Labute approximate surface area is 166 Å². The van der Waals surface area contributed by atoms with Gasteiger partial charge in [-0.25, -0.2) is 0 Å². The molecule has 0 saturated carbocycles.